The molecule has 0 saturated carbocycles. The number of carbonyl (C=O) groups is 2. The molecule has 0 unspecified atom stereocenters. The number of rotatable bonds is 7. The molecule has 7 nitrogen and oxygen atoms in total. The third kappa shape index (κ3) is 4.98. The number of aryl methyl sites for hydroxylation is 1. The van der Waals surface area contributed by atoms with Crippen LogP contribution in [0.3, 0.4) is 0 Å². The van der Waals surface area contributed by atoms with Crippen molar-refractivity contribution in [3.63, 3.8) is 0 Å². The van der Waals surface area contributed by atoms with Crippen molar-refractivity contribution in [3.8, 4) is 5.75 Å². The first-order valence-corrected chi connectivity index (χ1v) is 8.53. The van der Waals surface area contributed by atoms with E-state index in [1.54, 1.807) is 43.0 Å². The topological polar surface area (TPSA) is 82.4 Å². The van der Waals surface area contributed by atoms with Crippen LogP contribution in [0.15, 0.2) is 24.3 Å². The first-order chi connectivity index (χ1) is 12.3. The number of halogens is 1. The largest absolute Gasteiger partial charge is 0.497 e. The first-order valence-electron chi connectivity index (χ1n) is 8.15. The zero-order valence-electron chi connectivity index (χ0n) is 15.2. The summed E-state index contributed by atoms with van der Waals surface area (Å²) in [5.41, 5.74) is 1.23. The zero-order chi connectivity index (χ0) is 19.3. The van der Waals surface area contributed by atoms with Crippen molar-refractivity contribution in [2.45, 2.75) is 27.3 Å². The summed E-state index contributed by atoms with van der Waals surface area (Å²) in [6, 6.07) is 6.81. The van der Waals surface area contributed by atoms with Crippen LogP contribution in [0.5, 0.6) is 5.75 Å². The zero-order valence-corrected chi connectivity index (χ0v) is 16.0. The van der Waals surface area contributed by atoms with Crippen LogP contribution in [0.2, 0.25) is 5.15 Å². The molecule has 1 heterocycles. The molecule has 0 bridgehead atoms. The van der Waals surface area contributed by atoms with Crippen LogP contribution in [-0.4, -0.2) is 35.4 Å². The lowest BCUT2D eigenvalue weighted by Gasteiger charge is -2.08. The van der Waals surface area contributed by atoms with Gasteiger partial charge >= 0.3 is 5.97 Å². The van der Waals surface area contributed by atoms with Gasteiger partial charge in [-0.3, -0.25) is 9.48 Å². The lowest BCUT2D eigenvalue weighted by Crippen LogP contribution is -2.21. The molecule has 0 radical (unpaired) electrons. The molecule has 0 aliphatic carbocycles. The number of esters is 1. The fraction of sp³-hybridized carbons (Fsp3) is 0.389. The van der Waals surface area contributed by atoms with E-state index in [-0.39, 0.29) is 10.7 Å². The number of ether oxygens (including phenoxy) is 2. The van der Waals surface area contributed by atoms with Crippen LogP contribution in [0.25, 0.3) is 0 Å². The Morgan fingerprint density at radius 3 is 2.50 bits per heavy atom. The van der Waals surface area contributed by atoms with Crippen LogP contribution in [0, 0.1) is 12.8 Å². The molecule has 0 saturated heterocycles. The van der Waals surface area contributed by atoms with Gasteiger partial charge in [0.05, 0.1) is 12.8 Å². The SMILES string of the molecule is COc1ccc(NC(=O)COC(=O)c2c(C)nn(CC(C)C)c2Cl)cc1. The maximum absolute atomic E-state index is 12.3. The number of anilines is 1. The summed E-state index contributed by atoms with van der Waals surface area (Å²) in [4.78, 5) is 24.2. The monoisotopic (exact) mass is 379 g/mol. The van der Waals surface area contributed by atoms with Gasteiger partial charge in [0.2, 0.25) is 0 Å². The molecule has 0 atom stereocenters. The fourth-order valence-corrected chi connectivity index (χ4v) is 2.65. The van der Waals surface area contributed by atoms with E-state index in [1.807, 2.05) is 13.8 Å². The minimum atomic E-state index is -0.674. The Labute approximate surface area is 157 Å². The van der Waals surface area contributed by atoms with Gasteiger partial charge in [-0.15, -0.1) is 0 Å². The Hall–Kier alpha value is -2.54. The molecule has 8 heteroatoms. The van der Waals surface area contributed by atoms with Gasteiger partial charge in [0.25, 0.3) is 5.91 Å². The van der Waals surface area contributed by atoms with Gasteiger partial charge in [0.1, 0.15) is 16.5 Å². The van der Waals surface area contributed by atoms with Crippen LogP contribution in [0.4, 0.5) is 5.69 Å². The highest BCUT2D eigenvalue weighted by Gasteiger charge is 2.22. The third-order valence-corrected chi connectivity index (χ3v) is 3.90. The van der Waals surface area contributed by atoms with Gasteiger partial charge in [0, 0.05) is 12.2 Å². The van der Waals surface area contributed by atoms with E-state index in [9.17, 15) is 9.59 Å². The van der Waals surface area contributed by atoms with E-state index in [4.69, 9.17) is 21.1 Å². The van der Waals surface area contributed by atoms with Crippen molar-refractivity contribution in [1.29, 1.82) is 0 Å². The lowest BCUT2D eigenvalue weighted by molar-refractivity contribution is -0.119. The second-order valence-corrected chi connectivity index (χ2v) is 6.54. The van der Waals surface area contributed by atoms with E-state index < -0.39 is 18.5 Å². The Morgan fingerprint density at radius 1 is 1.27 bits per heavy atom. The average Bonchev–Trinajstić information content (AvgIpc) is 2.86. The summed E-state index contributed by atoms with van der Waals surface area (Å²) in [6.45, 7) is 5.89. The predicted molar refractivity (Wildman–Crippen MR) is 98.7 cm³/mol. The van der Waals surface area contributed by atoms with Crippen LogP contribution >= 0.6 is 11.6 Å². The van der Waals surface area contributed by atoms with Gasteiger partial charge in [-0.05, 0) is 37.1 Å². The molecule has 0 aliphatic heterocycles. The van der Waals surface area contributed by atoms with Crippen molar-refractivity contribution in [3.05, 3.63) is 40.7 Å². The molecule has 1 aromatic heterocycles. The minimum Gasteiger partial charge on any atom is -0.497 e. The summed E-state index contributed by atoms with van der Waals surface area (Å²) < 4.78 is 11.7. The van der Waals surface area contributed by atoms with Crippen molar-refractivity contribution < 1.29 is 19.1 Å². The van der Waals surface area contributed by atoms with Crippen molar-refractivity contribution in [2.24, 2.45) is 5.92 Å². The Morgan fingerprint density at radius 2 is 1.92 bits per heavy atom. The number of amides is 1. The molecular weight excluding hydrogens is 358 g/mol. The number of nitrogens with one attached hydrogen (secondary N) is 1. The van der Waals surface area contributed by atoms with E-state index in [1.165, 1.54) is 0 Å². The molecular formula is C18H22ClN3O4. The number of carbonyl (C=O) groups excluding carboxylic acids is 2. The highest BCUT2D eigenvalue weighted by atomic mass is 35.5. The number of aromatic nitrogens is 2. The van der Waals surface area contributed by atoms with Crippen LogP contribution in [-0.2, 0) is 16.1 Å². The summed E-state index contributed by atoms with van der Waals surface area (Å²) in [6.07, 6.45) is 0. The molecule has 0 spiro atoms. The minimum absolute atomic E-state index is 0.185. The van der Waals surface area contributed by atoms with E-state index >= 15 is 0 Å². The molecule has 2 aromatic rings. The summed E-state index contributed by atoms with van der Waals surface area (Å²) in [5, 5.41) is 7.11. The molecule has 2 rings (SSSR count). The standard InChI is InChI=1S/C18H22ClN3O4/c1-11(2)9-22-17(19)16(12(3)21-22)18(24)26-10-15(23)20-13-5-7-14(25-4)8-6-13/h5-8,11H,9-10H2,1-4H3,(H,20,23). The van der Waals surface area contributed by atoms with E-state index in [0.717, 1.165) is 0 Å². The summed E-state index contributed by atoms with van der Waals surface area (Å²) in [5.74, 6) is -0.122. The maximum atomic E-state index is 12.3. The van der Waals surface area contributed by atoms with Gasteiger partial charge in [-0.25, -0.2) is 4.79 Å². The number of hydrogen-bond donors (Lipinski definition) is 1. The lowest BCUT2D eigenvalue weighted by atomic mass is 10.2. The molecule has 1 N–H and O–H groups in total. The van der Waals surface area contributed by atoms with Crippen LogP contribution < -0.4 is 10.1 Å². The van der Waals surface area contributed by atoms with Gasteiger partial charge in [0.15, 0.2) is 6.61 Å². The van der Waals surface area contributed by atoms with Gasteiger partial charge < -0.3 is 14.8 Å². The van der Waals surface area contributed by atoms with E-state index in [2.05, 4.69) is 10.4 Å². The molecule has 26 heavy (non-hydrogen) atoms. The first kappa shape index (κ1) is 19.8. The second-order valence-electron chi connectivity index (χ2n) is 6.18. The molecule has 0 fully saturated rings. The molecule has 140 valence electrons. The number of nitrogens with zero attached hydrogens (tertiary/aromatic N) is 2. The number of hydrogen-bond acceptors (Lipinski definition) is 5. The van der Waals surface area contributed by atoms with Gasteiger partial charge in [-0.2, -0.15) is 5.10 Å². The predicted octanol–water partition coefficient (Wildman–Crippen LogP) is 3.31. The Bertz CT molecular complexity index is 784. The second kappa shape index (κ2) is 8.71. The maximum Gasteiger partial charge on any atom is 0.343 e. The normalized spacial score (nSPS) is 10.7. The van der Waals surface area contributed by atoms with Crippen molar-refractivity contribution >= 4 is 29.2 Å². The molecule has 1 amide bonds. The number of benzene rings is 1. The highest BCUT2D eigenvalue weighted by Crippen LogP contribution is 2.22. The summed E-state index contributed by atoms with van der Waals surface area (Å²) in [7, 11) is 1.56. The van der Waals surface area contributed by atoms with Gasteiger partial charge in [-0.1, -0.05) is 25.4 Å². The quantitative estimate of drug-likeness (QED) is 0.746. The van der Waals surface area contributed by atoms with E-state index in [0.29, 0.717) is 29.6 Å². The Kier molecular flexibility index (Phi) is 6.63. The highest BCUT2D eigenvalue weighted by molar-refractivity contribution is 6.32. The smallest absolute Gasteiger partial charge is 0.343 e. The summed E-state index contributed by atoms with van der Waals surface area (Å²) >= 11 is 6.23. The molecule has 0 aliphatic rings. The fourth-order valence-electron chi connectivity index (χ4n) is 2.33. The molecule has 1 aromatic carbocycles. The van der Waals surface area contributed by atoms with Crippen molar-refractivity contribution in [1.82, 2.24) is 9.78 Å². The van der Waals surface area contributed by atoms with Crippen molar-refractivity contribution in [2.75, 3.05) is 19.0 Å². The Balaban J connectivity index is 1.95. The van der Waals surface area contributed by atoms with Crippen LogP contribution in [0.1, 0.15) is 29.9 Å². The third-order valence-electron chi connectivity index (χ3n) is 3.52. The number of methoxy groups -OCH3 is 1. The average molecular weight is 380 g/mol.